The van der Waals surface area contributed by atoms with Crippen molar-refractivity contribution in [2.45, 2.75) is 38.3 Å². The Labute approximate surface area is 126 Å². The molecule has 0 spiro atoms. The summed E-state index contributed by atoms with van der Waals surface area (Å²) < 4.78 is 22.3. The summed E-state index contributed by atoms with van der Waals surface area (Å²) in [6.45, 7) is 3.30. The highest BCUT2D eigenvalue weighted by Crippen LogP contribution is 2.39. The van der Waals surface area contributed by atoms with Crippen molar-refractivity contribution in [1.29, 1.82) is 0 Å². The Hall–Kier alpha value is -1.46. The molecule has 2 unspecified atom stereocenters. The summed E-state index contributed by atoms with van der Waals surface area (Å²) >= 11 is 0. The number of methoxy groups -OCH3 is 2. The zero-order valence-corrected chi connectivity index (χ0v) is 13.1. The van der Waals surface area contributed by atoms with Crippen molar-refractivity contribution >= 4 is 0 Å². The maximum absolute atomic E-state index is 5.89. The third-order valence-corrected chi connectivity index (χ3v) is 3.52. The Kier molecular flexibility index (Phi) is 5.70. The molecule has 2 rings (SSSR count). The Balaban J connectivity index is 2.16. The van der Waals surface area contributed by atoms with Crippen molar-refractivity contribution < 1.29 is 18.9 Å². The van der Waals surface area contributed by atoms with Gasteiger partial charge in [-0.25, -0.2) is 0 Å². The molecule has 5 nitrogen and oxygen atoms in total. The second-order valence-electron chi connectivity index (χ2n) is 5.46. The molecule has 1 fully saturated rings. The van der Waals surface area contributed by atoms with Crippen LogP contribution in [0.1, 0.15) is 25.3 Å². The lowest BCUT2D eigenvalue weighted by atomic mass is 10.1. The maximum atomic E-state index is 5.89. The molecule has 118 valence electrons. The van der Waals surface area contributed by atoms with Gasteiger partial charge in [-0.3, -0.25) is 0 Å². The summed E-state index contributed by atoms with van der Waals surface area (Å²) in [6.07, 6.45) is 3.05. The third-order valence-electron chi connectivity index (χ3n) is 3.52. The van der Waals surface area contributed by atoms with Crippen LogP contribution in [-0.2, 0) is 11.2 Å². The molecule has 1 aromatic rings. The van der Waals surface area contributed by atoms with Gasteiger partial charge in [-0.2, -0.15) is 0 Å². The summed E-state index contributed by atoms with van der Waals surface area (Å²) in [6, 6.07) is 3.99. The van der Waals surface area contributed by atoms with E-state index in [1.807, 2.05) is 19.1 Å². The minimum Gasteiger partial charge on any atom is -0.493 e. The highest BCUT2D eigenvalue weighted by atomic mass is 16.6. The van der Waals surface area contributed by atoms with Gasteiger partial charge in [-0.1, -0.05) is 0 Å². The molecule has 0 radical (unpaired) electrons. The largest absolute Gasteiger partial charge is 0.493 e. The number of hydrogen-bond donors (Lipinski definition) is 1. The SMILES string of the molecule is COc1cc(CC(C)N)cc(OC)c1OCC1CCCO1. The molecule has 21 heavy (non-hydrogen) atoms. The molecule has 0 amide bonds. The van der Waals surface area contributed by atoms with Crippen LogP contribution in [0.15, 0.2) is 12.1 Å². The van der Waals surface area contributed by atoms with Crippen LogP contribution in [0.25, 0.3) is 0 Å². The van der Waals surface area contributed by atoms with Crippen LogP contribution in [0, 0.1) is 0 Å². The van der Waals surface area contributed by atoms with Gasteiger partial charge in [0.1, 0.15) is 6.61 Å². The van der Waals surface area contributed by atoms with Gasteiger partial charge in [0, 0.05) is 12.6 Å². The van der Waals surface area contributed by atoms with Crippen LogP contribution >= 0.6 is 0 Å². The molecule has 0 aliphatic carbocycles. The van der Waals surface area contributed by atoms with Crippen molar-refractivity contribution in [2.24, 2.45) is 5.73 Å². The summed E-state index contributed by atoms with van der Waals surface area (Å²) in [5.41, 5.74) is 6.93. The molecule has 1 saturated heterocycles. The van der Waals surface area contributed by atoms with E-state index in [1.165, 1.54) is 0 Å². The molecule has 2 N–H and O–H groups in total. The highest BCUT2D eigenvalue weighted by molar-refractivity contribution is 5.54. The first kappa shape index (κ1) is 15.9. The lowest BCUT2D eigenvalue weighted by Crippen LogP contribution is -2.18. The minimum atomic E-state index is 0.0815. The van der Waals surface area contributed by atoms with Gasteiger partial charge in [0.05, 0.1) is 20.3 Å². The van der Waals surface area contributed by atoms with Crippen LogP contribution < -0.4 is 19.9 Å². The lowest BCUT2D eigenvalue weighted by Gasteiger charge is -2.18. The third kappa shape index (κ3) is 4.25. The first-order valence-corrected chi connectivity index (χ1v) is 7.39. The van der Waals surface area contributed by atoms with Gasteiger partial charge in [-0.05, 0) is 43.9 Å². The minimum absolute atomic E-state index is 0.0815. The molecule has 0 bridgehead atoms. The van der Waals surface area contributed by atoms with Crippen molar-refractivity contribution in [3.63, 3.8) is 0 Å². The van der Waals surface area contributed by atoms with E-state index >= 15 is 0 Å². The molecule has 0 aromatic heterocycles. The summed E-state index contributed by atoms with van der Waals surface area (Å²) in [4.78, 5) is 0. The fourth-order valence-electron chi connectivity index (χ4n) is 2.52. The monoisotopic (exact) mass is 295 g/mol. The van der Waals surface area contributed by atoms with Crippen molar-refractivity contribution in [2.75, 3.05) is 27.4 Å². The van der Waals surface area contributed by atoms with Crippen LogP contribution in [0.2, 0.25) is 0 Å². The molecule has 5 heteroatoms. The summed E-state index contributed by atoms with van der Waals surface area (Å²) in [5.74, 6) is 1.97. The molecule has 2 atom stereocenters. The lowest BCUT2D eigenvalue weighted by molar-refractivity contribution is 0.0659. The van der Waals surface area contributed by atoms with E-state index < -0.39 is 0 Å². The highest BCUT2D eigenvalue weighted by Gasteiger charge is 2.20. The number of ether oxygens (including phenoxy) is 4. The predicted molar refractivity (Wildman–Crippen MR) is 81.4 cm³/mol. The van der Waals surface area contributed by atoms with E-state index in [1.54, 1.807) is 14.2 Å². The standard InChI is InChI=1S/C16H25NO4/c1-11(17)7-12-8-14(18-2)16(15(9-12)19-3)21-10-13-5-4-6-20-13/h8-9,11,13H,4-7,10,17H2,1-3H3. The van der Waals surface area contributed by atoms with E-state index in [9.17, 15) is 0 Å². The second kappa shape index (κ2) is 7.52. The van der Waals surface area contributed by atoms with Gasteiger partial charge in [0.2, 0.25) is 5.75 Å². The molecular formula is C16H25NO4. The Bertz CT molecular complexity index is 431. The molecule has 0 saturated carbocycles. The smallest absolute Gasteiger partial charge is 0.203 e. The zero-order valence-electron chi connectivity index (χ0n) is 13.1. The van der Waals surface area contributed by atoms with Gasteiger partial charge in [0.15, 0.2) is 11.5 Å². The van der Waals surface area contributed by atoms with E-state index in [2.05, 4.69) is 0 Å². The second-order valence-corrected chi connectivity index (χ2v) is 5.46. The summed E-state index contributed by atoms with van der Waals surface area (Å²) in [7, 11) is 3.26. The average molecular weight is 295 g/mol. The average Bonchev–Trinajstić information content (AvgIpc) is 2.97. The summed E-state index contributed by atoms with van der Waals surface area (Å²) in [5, 5.41) is 0. The van der Waals surface area contributed by atoms with Crippen LogP contribution in [-0.4, -0.2) is 39.6 Å². The topological polar surface area (TPSA) is 62.9 Å². The Morgan fingerprint density at radius 3 is 2.43 bits per heavy atom. The number of rotatable bonds is 7. The zero-order chi connectivity index (χ0) is 15.2. The molecule has 1 aliphatic rings. The van der Waals surface area contributed by atoms with E-state index in [0.717, 1.165) is 31.4 Å². The number of hydrogen-bond acceptors (Lipinski definition) is 5. The van der Waals surface area contributed by atoms with Gasteiger partial charge in [-0.15, -0.1) is 0 Å². The van der Waals surface area contributed by atoms with Crippen LogP contribution in [0.5, 0.6) is 17.2 Å². The van der Waals surface area contributed by atoms with Crippen molar-refractivity contribution in [1.82, 2.24) is 0 Å². The van der Waals surface area contributed by atoms with E-state index in [0.29, 0.717) is 23.9 Å². The van der Waals surface area contributed by atoms with Crippen LogP contribution in [0.3, 0.4) is 0 Å². The first-order valence-electron chi connectivity index (χ1n) is 7.39. The first-order chi connectivity index (χ1) is 10.1. The van der Waals surface area contributed by atoms with Crippen molar-refractivity contribution in [3.8, 4) is 17.2 Å². The van der Waals surface area contributed by atoms with Crippen LogP contribution in [0.4, 0.5) is 0 Å². The van der Waals surface area contributed by atoms with E-state index in [-0.39, 0.29) is 12.1 Å². The Morgan fingerprint density at radius 2 is 1.95 bits per heavy atom. The molecular weight excluding hydrogens is 270 g/mol. The predicted octanol–water partition coefficient (Wildman–Crippen LogP) is 2.15. The van der Waals surface area contributed by atoms with Gasteiger partial charge >= 0.3 is 0 Å². The van der Waals surface area contributed by atoms with Crippen molar-refractivity contribution in [3.05, 3.63) is 17.7 Å². The fourth-order valence-corrected chi connectivity index (χ4v) is 2.52. The molecule has 1 aliphatic heterocycles. The number of benzene rings is 1. The quantitative estimate of drug-likeness (QED) is 0.835. The molecule has 1 aromatic carbocycles. The normalized spacial score (nSPS) is 19.3. The maximum Gasteiger partial charge on any atom is 0.203 e. The number of nitrogens with two attached hydrogens (primary N) is 1. The van der Waals surface area contributed by atoms with Gasteiger partial charge in [0.25, 0.3) is 0 Å². The Morgan fingerprint density at radius 1 is 1.29 bits per heavy atom. The molecule has 1 heterocycles. The van der Waals surface area contributed by atoms with E-state index in [4.69, 9.17) is 24.7 Å². The fraction of sp³-hybridized carbons (Fsp3) is 0.625. The van der Waals surface area contributed by atoms with Gasteiger partial charge < -0.3 is 24.7 Å².